The number of aliphatic carboxylic acids is 1. The van der Waals surface area contributed by atoms with Gasteiger partial charge in [0.15, 0.2) is 11.6 Å². The van der Waals surface area contributed by atoms with E-state index < -0.39 is 5.97 Å². The summed E-state index contributed by atoms with van der Waals surface area (Å²) >= 11 is 1.49. The number of pyridine rings is 1. The Morgan fingerprint density at radius 1 is 1.06 bits per heavy atom. The van der Waals surface area contributed by atoms with Crippen LogP contribution in [0.4, 0.5) is 0 Å². The highest BCUT2D eigenvalue weighted by atomic mass is 32.1. The van der Waals surface area contributed by atoms with Crippen LogP contribution in [-0.4, -0.2) is 52.3 Å². The molecule has 1 saturated carbocycles. The molecule has 1 aliphatic carbocycles. The van der Waals surface area contributed by atoms with Crippen LogP contribution in [0.25, 0.3) is 33.3 Å². The first-order valence-corrected chi connectivity index (χ1v) is 11.5. The number of H-pyrrole nitrogens is 1. The van der Waals surface area contributed by atoms with Gasteiger partial charge in [-0.2, -0.15) is 5.10 Å². The third-order valence-electron chi connectivity index (χ3n) is 5.63. The van der Waals surface area contributed by atoms with E-state index in [1.54, 1.807) is 30.3 Å². The Morgan fingerprint density at radius 3 is 2.52 bits per heavy atom. The lowest BCUT2D eigenvalue weighted by Crippen LogP contribution is -2.25. The molecule has 0 radical (unpaired) electrons. The molecule has 4 heterocycles. The average Bonchev–Trinajstić information content (AvgIpc) is 3.53. The van der Waals surface area contributed by atoms with Gasteiger partial charge in [0, 0.05) is 42.3 Å². The van der Waals surface area contributed by atoms with Crippen molar-refractivity contribution in [1.29, 1.82) is 0 Å². The number of hydrogen-bond donors (Lipinski definition) is 2. The maximum Gasteiger partial charge on any atom is 0.316 e. The minimum Gasteiger partial charge on any atom is -0.481 e. The van der Waals surface area contributed by atoms with Crippen molar-refractivity contribution in [3.8, 4) is 39.4 Å². The van der Waals surface area contributed by atoms with E-state index in [0.717, 1.165) is 47.4 Å². The first-order valence-electron chi connectivity index (χ1n) is 10.6. The average molecular weight is 464 g/mol. The molecule has 5 rings (SSSR count). The van der Waals surface area contributed by atoms with Crippen molar-refractivity contribution in [2.24, 2.45) is 5.92 Å². The fourth-order valence-electron chi connectivity index (χ4n) is 3.89. The van der Waals surface area contributed by atoms with Crippen molar-refractivity contribution in [2.75, 3.05) is 0 Å². The summed E-state index contributed by atoms with van der Waals surface area (Å²) in [6, 6.07) is 4.11. The summed E-state index contributed by atoms with van der Waals surface area (Å²) in [5.41, 5.74) is 4.06. The maximum atomic E-state index is 10.9. The lowest BCUT2D eigenvalue weighted by molar-refractivity contribution is -0.138. The zero-order valence-corrected chi connectivity index (χ0v) is 18.4. The molecule has 1 aliphatic rings. The minimum absolute atomic E-state index is 0.0227. The molecule has 0 spiro atoms. The smallest absolute Gasteiger partial charge is 0.316 e. The highest BCUT2D eigenvalue weighted by molar-refractivity contribution is 7.13. The van der Waals surface area contributed by atoms with Gasteiger partial charge in [-0.3, -0.25) is 19.9 Å². The van der Waals surface area contributed by atoms with Crippen LogP contribution in [0.3, 0.4) is 0 Å². The van der Waals surface area contributed by atoms with E-state index in [4.69, 9.17) is 9.84 Å². The zero-order chi connectivity index (χ0) is 22.6. The summed E-state index contributed by atoms with van der Waals surface area (Å²) in [7, 11) is 0. The van der Waals surface area contributed by atoms with Gasteiger partial charge < -0.3 is 9.84 Å². The number of carboxylic acid groups (broad SMARTS) is 1. The molecule has 0 unspecified atom stereocenters. The first kappa shape index (κ1) is 21.1. The number of hydrogen-bond acceptors (Lipinski definition) is 9. The first-order chi connectivity index (χ1) is 16.1. The Hall–Kier alpha value is -3.73. The Morgan fingerprint density at radius 2 is 1.85 bits per heavy atom. The molecule has 4 aromatic heterocycles. The Bertz CT molecular complexity index is 1200. The van der Waals surface area contributed by atoms with Gasteiger partial charge >= 0.3 is 12.0 Å². The Kier molecular flexibility index (Phi) is 6.03. The maximum absolute atomic E-state index is 10.9. The quantitative estimate of drug-likeness (QED) is 0.418. The van der Waals surface area contributed by atoms with Crippen LogP contribution in [0.1, 0.15) is 32.1 Å². The molecule has 0 amide bonds. The number of carbonyl (C=O) groups is 1. The van der Waals surface area contributed by atoms with E-state index in [9.17, 15) is 4.79 Å². The van der Waals surface area contributed by atoms with Gasteiger partial charge in [0.2, 0.25) is 0 Å². The summed E-state index contributed by atoms with van der Waals surface area (Å²) in [6.07, 6.45) is 10.4. The predicted octanol–water partition coefficient (Wildman–Crippen LogP) is 3.86. The van der Waals surface area contributed by atoms with Crippen molar-refractivity contribution in [1.82, 2.24) is 35.1 Å². The molecule has 10 nitrogen and oxygen atoms in total. The van der Waals surface area contributed by atoms with Crippen LogP contribution in [0, 0.1) is 5.92 Å². The highest BCUT2D eigenvalue weighted by Gasteiger charge is 2.24. The normalized spacial score (nSPS) is 18.2. The lowest BCUT2D eigenvalue weighted by Gasteiger charge is -2.27. The molecule has 11 heteroatoms. The fourth-order valence-corrected chi connectivity index (χ4v) is 4.45. The van der Waals surface area contributed by atoms with Crippen LogP contribution in [0.5, 0.6) is 6.01 Å². The second-order valence-electron chi connectivity index (χ2n) is 7.92. The van der Waals surface area contributed by atoms with Crippen molar-refractivity contribution < 1.29 is 14.6 Å². The van der Waals surface area contributed by atoms with Gasteiger partial charge in [0.25, 0.3) is 0 Å². The number of ether oxygens (including phenoxy) is 1. The standard InChI is InChI=1S/C22H21N7O3S/c30-19(31)7-13-1-4-16(5-2-13)32-22-25-9-15(10-26-22)17-6-3-14(8-24-17)20-27-21(29-28-20)18-11-23-12-33-18/h3,6,8-13,16H,1-2,4-5,7H2,(H,30,31)(H,27,28,29). The van der Waals surface area contributed by atoms with Crippen LogP contribution >= 0.6 is 11.3 Å². The molecule has 4 aromatic rings. The largest absolute Gasteiger partial charge is 0.481 e. The third kappa shape index (κ3) is 5.03. The van der Waals surface area contributed by atoms with E-state index in [0.29, 0.717) is 17.7 Å². The van der Waals surface area contributed by atoms with Gasteiger partial charge in [-0.15, -0.1) is 11.3 Å². The van der Waals surface area contributed by atoms with Crippen molar-refractivity contribution in [3.05, 3.63) is 42.4 Å². The second-order valence-corrected chi connectivity index (χ2v) is 8.80. The summed E-state index contributed by atoms with van der Waals surface area (Å²) in [5, 5.41) is 16.1. The van der Waals surface area contributed by atoms with Crippen LogP contribution < -0.4 is 4.74 Å². The van der Waals surface area contributed by atoms with Gasteiger partial charge in [0.1, 0.15) is 6.10 Å². The van der Waals surface area contributed by atoms with Crippen molar-refractivity contribution in [3.63, 3.8) is 0 Å². The number of nitrogens with zero attached hydrogens (tertiary/aromatic N) is 6. The van der Waals surface area contributed by atoms with Crippen molar-refractivity contribution in [2.45, 2.75) is 38.2 Å². The molecule has 33 heavy (non-hydrogen) atoms. The summed E-state index contributed by atoms with van der Waals surface area (Å²) < 4.78 is 5.90. The second kappa shape index (κ2) is 9.41. The molecule has 0 aromatic carbocycles. The van der Waals surface area contributed by atoms with E-state index in [1.807, 2.05) is 12.1 Å². The Balaban J connectivity index is 1.20. The topological polar surface area (TPSA) is 140 Å². The number of nitrogens with one attached hydrogen (secondary N) is 1. The lowest BCUT2D eigenvalue weighted by atomic mass is 9.85. The van der Waals surface area contributed by atoms with E-state index >= 15 is 0 Å². The molecular formula is C22H21N7O3S. The number of thiazole rings is 1. The molecule has 2 N–H and O–H groups in total. The summed E-state index contributed by atoms with van der Waals surface area (Å²) in [6.45, 7) is 0. The molecule has 0 aliphatic heterocycles. The van der Waals surface area contributed by atoms with E-state index in [-0.39, 0.29) is 18.4 Å². The van der Waals surface area contributed by atoms with Gasteiger partial charge in [0.05, 0.1) is 16.1 Å². The van der Waals surface area contributed by atoms with Gasteiger partial charge in [-0.05, 0) is 43.7 Å². The minimum atomic E-state index is -0.735. The monoisotopic (exact) mass is 463 g/mol. The molecule has 0 bridgehead atoms. The number of aromatic nitrogens is 7. The fraction of sp³-hybridized carbons (Fsp3) is 0.318. The van der Waals surface area contributed by atoms with E-state index in [2.05, 4.69) is 35.1 Å². The van der Waals surface area contributed by atoms with Crippen LogP contribution in [0.2, 0.25) is 0 Å². The molecule has 1 fully saturated rings. The number of carboxylic acids is 1. The molecular weight excluding hydrogens is 442 g/mol. The SMILES string of the molecule is O=C(O)CC1CCC(Oc2ncc(-c3ccc(-c4n[nH]c(-c5cncs5)n4)cn3)cn2)CC1. The van der Waals surface area contributed by atoms with Crippen LogP contribution in [0.15, 0.2) is 42.4 Å². The number of aromatic amines is 1. The highest BCUT2D eigenvalue weighted by Crippen LogP contribution is 2.29. The third-order valence-corrected chi connectivity index (χ3v) is 6.41. The molecule has 0 atom stereocenters. The van der Waals surface area contributed by atoms with Gasteiger partial charge in [-0.25, -0.2) is 15.0 Å². The predicted molar refractivity (Wildman–Crippen MR) is 120 cm³/mol. The zero-order valence-electron chi connectivity index (χ0n) is 17.6. The number of rotatable bonds is 7. The Labute approximate surface area is 193 Å². The van der Waals surface area contributed by atoms with E-state index in [1.165, 1.54) is 11.3 Å². The summed E-state index contributed by atoms with van der Waals surface area (Å²) in [4.78, 5) is 33.5. The van der Waals surface area contributed by atoms with Gasteiger partial charge in [-0.1, -0.05) is 0 Å². The molecule has 168 valence electrons. The summed E-state index contributed by atoms with van der Waals surface area (Å²) in [5.74, 6) is 0.739. The molecule has 0 saturated heterocycles. The van der Waals surface area contributed by atoms with Crippen molar-refractivity contribution >= 4 is 17.3 Å². The van der Waals surface area contributed by atoms with Crippen LogP contribution in [-0.2, 0) is 4.79 Å².